The topological polar surface area (TPSA) is 75.7 Å². The lowest BCUT2D eigenvalue weighted by Gasteiger charge is -2.13. The van der Waals surface area contributed by atoms with E-state index in [2.05, 4.69) is 21.2 Å². The molecule has 1 fully saturated rings. The summed E-state index contributed by atoms with van der Waals surface area (Å²) in [6, 6.07) is 19.7. The highest BCUT2D eigenvalue weighted by Crippen LogP contribution is 2.34. The van der Waals surface area contributed by atoms with Gasteiger partial charge in [-0.3, -0.25) is 19.3 Å². The van der Waals surface area contributed by atoms with Gasteiger partial charge in [0.2, 0.25) is 0 Å². The third-order valence-corrected chi connectivity index (χ3v) is 7.23. The van der Waals surface area contributed by atoms with E-state index in [9.17, 15) is 14.4 Å². The number of rotatable bonds is 7. The van der Waals surface area contributed by atoms with Crippen molar-refractivity contribution in [3.8, 4) is 5.75 Å². The van der Waals surface area contributed by atoms with Crippen molar-refractivity contribution in [3.63, 3.8) is 0 Å². The van der Waals surface area contributed by atoms with E-state index in [1.807, 2.05) is 37.3 Å². The Morgan fingerprint density at radius 1 is 1.11 bits per heavy atom. The van der Waals surface area contributed by atoms with E-state index in [4.69, 9.17) is 16.3 Å². The SMILES string of the molecule is Cc1ccc(NC(=O)COc2cccc(/C=C3\SC(=O)N(Cc4ccccc4Br)C3=O)c2)cc1Cl. The molecule has 0 atom stereocenters. The van der Waals surface area contributed by atoms with Gasteiger partial charge in [0.25, 0.3) is 17.1 Å². The second kappa shape index (κ2) is 11.1. The van der Waals surface area contributed by atoms with Crippen molar-refractivity contribution in [2.24, 2.45) is 0 Å². The molecular formula is C26H20BrClN2O4S. The van der Waals surface area contributed by atoms with Gasteiger partial charge in [0, 0.05) is 15.2 Å². The van der Waals surface area contributed by atoms with E-state index in [0.29, 0.717) is 26.9 Å². The first-order chi connectivity index (χ1) is 16.8. The van der Waals surface area contributed by atoms with Crippen molar-refractivity contribution in [2.45, 2.75) is 13.5 Å². The molecule has 3 amide bonds. The Balaban J connectivity index is 1.39. The highest BCUT2D eigenvalue weighted by atomic mass is 79.9. The van der Waals surface area contributed by atoms with E-state index in [-0.39, 0.29) is 30.2 Å². The highest BCUT2D eigenvalue weighted by Gasteiger charge is 2.35. The van der Waals surface area contributed by atoms with Gasteiger partial charge in [-0.2, -0.15) is 0 Å². The zero-order valence-electron chi connectivity index (χ0n) is 18.6. The van der Waals surface area contributed by atoms with E-state index in [0.717, 1.165) is 27.4 Å². The summed E-state index contributed by atoms with van der Waals surface area (Å²) in [6.45, 7) is 1.87. The molecular weight excluding hydrogens is 552 g/mol. The number of ether oxygens (including phenoxy) is 1. The molecule has 6 nitrogen and oxygen atoms in total. The Morgan fingerprint density at radius 2 is 1.91 bits per heavy atom. The Bertz CT molecular complexity index is 1340. The van der Waals surface area contributed by atoms with Crippen molar-refractivity contribution in [1.29, 1.82) is 0 Å². The fourth-order valence-electron chi connectivity index (χ4n) is 3.30. The van der Waals surface area contributed by atoms with Crippen molar-refractivity contribution in [3.05, 3.63) is 97.8 Å². The number of aryl methyl sites for hydroxylation is 1. The molecule has 0 aliphatic carbocycles. The number of imide groups is 1. The van der Waals surface area contributed by atoms with E-state index < -0.39 is 0 Å². The van der Waals surface area contributed by atoms with Crippen LogP contribution in [0.25, 0.3) is 6.08 Å². The zero-order valence-corrected chi connectivity index (χ0v) is 21.7. The van der Waals surface area contributed by atoms with Gasteiger partial charge in [-0.05, 0) is 71.8 Å². The maximum absolute atomic E-state index is 12.9. The maximum Gasteiger partial charge on any atom is 0.293 e. The molecule has 0 spiro atoms. The first kappa shape index (κ1) is 25.0. The van der Waals surface area contributed by atoms with E-state index >= 15 is 0 Å². The summed E-state index contributed by atoms with van der Waals surface area (Å²) in [5.41, 5.74) is 3.03. The summed E-state index contributed by atoms with van der Waals surface area (Å²) in [5, 5.41) is 2.98. The van der Waals surface area contributed by atoms with Crippen molar-refractivity contribution >= 4 is 68.1 Å². The molecule has 1 aliphatic heterocycles. The van der Waals surface area contributed by atoms with E-state index in [1.165, 1.54) is 4.90 Å². The van der Waals surface area contributed by atoms with Crippen LogP contribution in [0.2, 0.25) is 5.02 Å². The van der Waals surface area contributed by atoms with Crippen LogP contribution in [0.1, 0.15) is 16.7 Å². The second-order valence-corrected chi connectivity index (χ2v) is 9.99. The largest absolute Gasteiger partial charge is 0.484 e. The standard InChI is InChI=1S/C26H20BrClN2O4S/c1-16-9-10-19(13-22(16)28)29-24(31)15-34-20-7-4-5-17(11-20)12-23-25(32)30(26(33)35-23)14-18-6-2-3-8-21(18)27/h2-13H,14-15H2,1H3,(H,29,31)/b23-12-. The van der Waals surface area contributed by atoms with Crippen molar-refractivity contribution in [1.82, 2.24) is 4.90 Å². The molecule has 0 saturated carbocycles. The molecule has 35 heavy (non-hydrogen) atoms. The number of nitrogens with zero attached hydrogens (tertiary/aromatic N) is 1. The van der Waals surface area contributed by atoms with Crippen LogP contribution in [0.4, 0.5) is 10.5 Å². The van der Waals surface area contributed by atoms with Crippen LogP contribution in [0.3, 0.4) is 0 Å². The van der Waals surface area contributed by atoms with Gasteiger partial charge in [-0.1, -0.05) is 63.9 Å². The molecule has 3 aromatic rings. The molecule has 1 aliphatic rings. The van der Waals surface area contributed by atoms with Crippen LogP contribution in [0, 0.1) is 6.92 Å². The first-order valence-corrected chi connectivity index (χ1v) is 12.6. The zero-order chi connectivity index (χ0) is 24.9. The second-order valence-electron chi connectivity index (χ2n) is 7.73. The summed E-state index contributed by atoms with van der Waals surface area (Å²) in [5.74, 6) is -0.218. The van der Waals surface area contributed by atoms with Gasteiger partial charge in [-0.15, -0.1) is 0 Å². The molecule has 0 radical (unpaired) electrons. The Hall–Kier alpha value is -3.07. The number of halogens is 2. The summed E-state index contributed by atoms with van der Waals surface area (Å²) in [4.78, 5) is 39.1. The Kier molecular flexibility index (Phi) is 7.95. The third kappa shape index (κ3) is 6.33. The maximum atomic E-state index is 12.9. The van der Waals surface area contributed by atoms with Gasteiger partial charge in [0.1, 0.15) is 5.75 Å². The average Bonchev–Trinajstić information content (AvgIpc) is 3.09. The van der Waals surface area contributed by atoms with Crippen LogP contribution in [-0.4, -0.2) is 28.6 Å². The minimum Gasteiger partial charge on any atom is -0.484 e. The molecule has 178 valence electrons. The quantitative estimate of drug-likeness (QED) is 0.321. The minimum absolute atomic E-state index is 0.188. The van der Waals surface area contributed by atoms with Gasteiger partial charge in [0.05, 0.1) is 11.4 Å². The van der Waals surface area contributed by atoms with Crippen LogP contribution in [0.5, 0.6) is 5.75 Å². The van der Waals surface area contributed by atoms with Crippen molar-refractivity contribution < 1.29 is 19.1 Å². The minimum atomic E-state index is -0.349. The molecule has 1 saturated heterocycles. The molecule has 3 aromatic carbocycles. The van der Waals surface area contributed by atoms with Gasteiger partial charge in [0.15, 0.2) is 6.61 Å². The van der Waals surface area contributed by atoms with Crippen LogP contribution in [0.15, 0.2) is 76.1 Å². The number of hydrogen-bond acceptors (Lipinski definition) is 5. The van der Waals surface area contributed by atoms with Gasteiger partial charge in [-0.25, -0.2) is 0 Å². The number of nitrogens with one attached hydrogen (secondary N) is 1. The van der Waals surface area contributed by atoms with Crippen LogP contribution < -0.4 is 10.1 Å². The Labute approximate surface area is 220 Å². The molecule has 0 unspecified atom stereocenters. The van der Waals surface area contributed by atoms with Gasteiger partial charge >= 0.3 is 0 Å². The van der Waals surface area contributed by atoms with Gasteiger partial charge < -0.3 is 10.1 Å². The average molecular weight is 572 g/mol. The molecule has 9 heteroatoms. The number of thioether (sulfide) groups is 1. The first-order valence-electron chi connectivity index (χ1n) is 10.6. The smallest absolute Gasteiger partial charge is 0.293 e. The molecule has 4 rings (SSSR count). The predicted molar refractivity (Wildman–Crippen MR) is 142 cm³/mol. The lowest BCUT2D eigenvalue weighted by atomic mass is 10.2. The number of carbonyl (C=O) groups is 3. The fourth-order valence-corrected chi connectivity index (χ4v) is 4.72. The number of carbonyl (C=O) groups excluding carboxylic acids is 3. The molecule has 0 aromatic heterocycles. The lowest BCUT2D eigenvalue weighted by molar-refractivity contribution is -0.123. The normalized spacial score (nSPS) is 14.5. The summed E-state index contributed by atoms with van der Waals surface area (Å²) in [6.07, 6.45) is 1.65. The van der Waals surface area contributed by atoms with Crippen LogP contribution >= 0.6 is 39.3 Å². The predicted octanol–water partition coefficient (Wildman–Crippen LogP) is 6.66. The lowest BCUT2D eigenvalue weighted by Crippen LogP contribution is -2.27. The number of anilines is 1. The monoisotopic (exact) mass is 570 g/mol. The summed E-state index contributed by atoms with van der Waals surface area (Å²) in [7, 11) is 0. The highest BCUT2D eigenvalue weighted by molar-refractivity contribution is 9.10. The van der Waals surface area contributed by atoms with Crippen molar-refractivity contribution in [2.75, 3.05) is 11.9 Å². The van der Waals surface area contributed by atoms with Crippen LogP contribution in [-0.2, 0) is 16.1 Å². The number of hydrogen-bond donors (Lipinski definition) is 1. The molecule has 1 heterocycles. The fraction of sp³-hybridized carbons (Fsp3) is 0.115. The summed E-state index contributed by atoms with van der Waals surface area (Å²) < 4.78 is 6.45. The number of amides is 3. The third-order valence-electron chi connectivity index (χ3n) is 5.14. The van der Waals surface area contributed by atoms with E-state index in [1.54, 1.807) is 42.5 Å². The molecule has 0 bridgehead atoms. The molecule has 1 N–H and O–H groups in total. The number of benzene rings is 3. The Morgan fingerprint density at radius 3 is 2.69 bits per heavy atom. The summed E-state index contributed by atoms with van der Waals surface area (Å²) >= 11 is 10.4.